The average Bonchev–Trinajstić information content (AvgIpc) is 2.26. The molecule has 1 atom stereocenters. The summed E-state index contributed by atoms with van der Waals surface area (Å²) in [4.78, 5) is 10.5. The number of amides is 2. The van der Waals surface area contributed by atoms with Crippen molar-refractivity contribution in [2.45, 2.75) is 5.44 Å². The summed E-state index contributed by atoms with van der Waals surface area (Å²) in [6.07, 6.45) is 0. The monoisotopic (exact) mass is 258 g/mol. The third-order valence-electron chi connectivity index (χ3n) is 2.07. The Labute approximate surface area is 97.6 Å². The van der Waals surface area contributed by atoms with Crippen LogP contribution in [-0.2, 0) is 10.0 Å². The Hall–Kier alpha value is -1.96. The molecule has 1 unspecified atom stereocenters. The van der Waals surface area contributed by atoms with Crippen LogP contribution in [0.1, 0.15) is 0 Å². The number of nitrogens with one attached hydrogen (secondary N) is 1. The van der Waals surface area contributed by atoms with Crippen LogP contribution >= 0.6 is 0 Å². The number of urea groups is 1. The first-order chi connectivity index (χ1) is 7.99. The second kappa shape index (κ2) is 4.13. The first kappa shape index (κ1) is 11.5. The van der Waals surface area contributed by atoms with E-state index in [2.05, 4.69) is 0 Å². The minimum absolute atomic E-state index is 0.209. The first-order valence-corrected chi connectivity index (χ1v) is 6.23. The number of rotatable bonds is 2. The maximum Gasteiger partial charge on any atom is 0.325 e. The number of primary amides is 1. The molecule has 92 valence electrons. The SMILES string of the molecule is NC(=O)NS(=O)(=O)C1COc2ccccc2O1. The van der Waals surface area contributed by atoms with Gasteiger partial charge >= 0.3 is 6.03 Å². The summed E-state index contributed by atoms with van der Waals surface area (Å²) < 4.78 is 35.2. The van der Waals surface area contributed by atoms with E-state index in [-0.39, 0.29) is 6.61 Å². The number of sulfonamides is 1. The molecule has 0 aliphatic carbocycles. The summed E-state index contributed by atoms with van der Waals surface area (Å²) >= 11 is 0. The summed E-state index contributed by atoms with van der Waals surface area (Å²) in [5.41, 5.74) is 3.45. The highest BCUT2D eigenvalue weighted by Gasteiger charge is 2.33. The van der Waals surface area contributed by atoms with Crippen molar-refractivity contribution >= 4 is 16.1 Å². The molecule has 0 saturated carbocycles. The summed E-state index contributed by atoms with van der Waals surface area (Å²) in [7, 11) is -4.00. The Kier molecular flexibility index (Phi) is 2.80. The molecule has 2 rings (SSSR count). The van der Waals surface area contributed by atoms with Gasteiger partial charge in [0, 0.05) is 0 Å². The van der Waals surface area contributed by atoms with Crippen molar-refractivity contribution in [3.05, 3.63) is 24.3 Å². The van der Waals surface area contributed by atoms with Gasteiger partial charge in [-0.15, -0.1) is 0 Å². The molecule has 0 aromatic heterocycles. The van der Waals surface area contributed by atoms with Crippen molar-refractivity contribution in [2.75, 3.05) is 6.61 Å². The van der Waals surface area contributed by atoms with Gasteiger partial charge in [0.2, 0.25) is 0 Å². The van der Waals surface area contributed by atoms with E-state index in [0.717, 1.165) is 0 Å². The molecule has 1 aromatic carbocycles. The first-order valence-electron chi connectivity index (χ1n) is 4.68. The van der Waals surface area contributed by atoms with E-state index < -0.39 is 21.5 Å². The summed E-state index contributed by atoms with van der Waals surface area (Å²) in [5.74, 6) is 0.761. The van der Waals surface area contributed by atoms with Crippen molar-refractivity contribution in [3.63, 3.8) is 0 Å². The fourth-order valence-corrected chi connectivity index (χ4v) is 2.25. The van der Waals surface area contributed by atoms with Gasteiger partial charge in [-0.1, -0.05) is 12.1 Å². The minimum atomic E-state index is -4.00. The third kappa shape index (κ3) is 2.41. The van der Waals surface area contributed by atoms with Crippen molar-refractivity contribution < 1.29 is 22.7 Å². The highest BCUT2D eigenvalue weighted by Crippen LogP contribution is 2.31. The van der Waals surface area contributed by atoms with Crippen LogP contribution in [0.25, 0.3) is 0 Å². The minimum Gasteiger partial charge on any atom is -0.485 e. The van der Waals surface area contributed by atoms with Gasteiger partial charge in [0.05, 0.1) is 0 Å². The second-order valence-electron chi connectivity index (χ2n) is 3.32. The van der Waals surface area contributed by atoms with Gasteiger partial charge in [-0.25, -0.2) is 17.9 Å². The Morgan fingerprint density at radius 2 is 2.00 bits per heavy atom. The number of benzene rings is 1. The normalized spacial score (nSPS) is 18.5. The summed E-state index contributed by atoms with van der Waals surface area (Å²) in [5, 5.41) is 0. The van der Waals surface area contributed by atoms with Gasteiger partial charge in [-0.3, -0.25) is 0 Å². The predicted molar refractivity (Wildman–Crippen MR) is 58.0 cm³/mol. The van der Waals surface area contributed by atoms with E-state index in [1.165, 1.54) is 0 Å². The lowest BCUT2D eigenvalue weighted by atomic mass is 10.3. The van der Waals surface area contributed by atoms with E-state index in [1.807, 2.05) is 0 Å². The van der Waals surface area contributed by atoms with Crippen LogP contribution < -0.4 is 19.9 Å². The van der Waals surface area contributed by atoms with Crippen LogP contribution in [0, 0.1) is 0 Å². The number of para-hydroxylation sites is 2. The highest BCUT2D eigenvalue weighted by atomic mass is 32.2. The lowest BCUT2D eigenvalue weighted by Gasteiger charge is -2.25. The number of fused-ring (bicyclic) bond motifs is 1. The molecule has 2 amide bonds. The lowest BCUT2D eigenvalue weighted by molar-refractivity contribution is 0.141. The van der Waals surface area contributed by atoms with E-state index in [1.54, 1.807) is 29.0 Å². The van der Waals surface area contributed by atoms with Crippen molar-refractivity contribution in [1.82, 2.24) is 4.72 Å². The van der Waals surface area contributed by atoms with Crippen LogP contribution in [0.5, 0.6) is 11.5 Å². The molecule has 17 heavy (non-hydrogen) atoms. The zero-order valence-electron chi connectivity index (χ0n) is 8.62. The lowest BCUT2D eigenvalue weighted by Crippen LogP contribution is -2.47. The summed E-state index contributed by atoms with van der Waals surface area (Å²) in [6.45, 7) is -0.209. The Bertz CT molecular complexity index is 542. The zero-order chi connectivity index (χ0) is 12.5. The second-order valence-corrected chi connectivity index (χ2v) is 5.14. The summed E-state index contributed by atoms with van der Waals surface area (Å²) in [6, 6.07) is 5.48. The van der Waals surface area contributed by atoms with E-state index in [4.69, 9.17) is 15.2 Å². The van der Waals surface area contributed by atoms with Crippen molar-refractivity contribution in [3.8, 4) is 11.5 Å². The molecule has 7 nitrogen and oxygen atoms in total. The average molecular weight is 258 g/mol. The number of nitrogens with two attached hydrogens (primary N) is 1. The van der Waals surface area contributed by atoms with Crippen LogP contribution in [0.15, 0.2) is 24.3 Å². The Morgan fingerprint density at radius 1 is 1.35 bits per heavy atom. The fraction of sp³-hybridized carbons (Fsp3) is 0.222. The number of hydrogen-bond acceptors (Lipinski definition) is 5. The predicted octanol–water partition coefficient (Wildman–Crippen LogP) is -0.218. The van der Waals surface area contributed by atoms with E-state index in [9.17, 15) is 13.2 Å². The van der Waals surface area contributed by atoms with Gasteiger partial charge in [-0.2, -0.15) is 0 Å². The van der Waals surface area contributed by atoms with Gasteiger partial charge in [0.15, 0.2) is 11.5 Å². The molecule has 0 fully saturated rings. The molecule has 0 spiro atoms. The van der Waals surface area contributed by atoms with Crippen molar-refractivity contribution in [2.24, 2.45) is 5.73 Å². The number of carbonyl (C=O) groups is 1. The largest absolute Gasteiger partial charge is 0.485 e. The third-order valence-corrected chi connectivity index (χ3v) is 3.48. The molecule has 1 aliphatic heterocycles. The van der Waals surface area contributed by atoms with Gasteiger partial charge in [-0.05, 0) is 12.1 Å². The molecular formula is C9H10N2O5S. The Morgan fingerprint density at radius 3 is 2.65 bits per heavy atom. The molecule has 0 bridgehead atoms. The highest BCUT2D eigenvalue weighted by molar-refractivity contribution is 7.90. The molecule has 1 heterocycles. The molecule has 1 aromatic rings. The van der Waals surface area contributed by atoms with Crippen LogP contribution in [0.3, 0.4) is 0 Å². The standard InChI is InChI=1S/C9H10N2O5S/c10-9(12)11-17(13,14)8-5-15-6-3-1-2-4-7(6)16-8/h1-4,8H,5H2,(H3,10,11,12). The van der Waals surface area contributed by atoms with Crippen LogP contribution in [0.2, 0.25) is 0 Å². The number of ether oxygens (including phenoxy) is 2. The van der Waals surface area contributed by atoms with Gasteiger partial charge in [0.1, 0.15) is 6.61 Å². The van der Waals surface area contributed by atoms with E-state index in [0.29, 0.717) is 11.5 Å². The number of carbonyl (C=O) groups excluding carboxylic acids is 1. The van der Waals surface area contributed by atoms with Gasteiger partial charge in [0.25, 0.3) is 15.5 Å². The topological polar surface area (TPSA) is 108 Å². The molecule has 3 N–H and O–H groups in total. The molecule has 0 saturated heterocycles. The van der Waals surface area contributed by atoms with Crippen LogP contribution in [-0.4, -0.2) is 26.5 Å². The smallest absolute Gasteiger partial charge is 0.325 e. The van der Waals surface area contributed by atoms with Crippen LogP contribution in [0.4, 0.5) is 4.79 Å². The Balaban J connectivity index is 2.20. The fourth-order valence-electron chi connectivity index (χ4n) is 1.36. The molecular weight excluding hydrogens is 248 g/mol. The molecule has 1 aliphatic rings. The maximum absolute atomic E-state index is 11.6. The van der Waals surface area contributed by atoms with Crippen molar-refractivity contribution in [1.29, 1.82) is 0 Å². The number of hydrogen-bond donors (Lipinski definition) is 2. The quantitative estimate of drug-likeness (QED) is 0.762. The maximum atomic E-state index is 11.6. The zero-order valence-corrected chi connectivity index (χ0v) is 9.44. The van der Waals surface area contributed by atoms with E-state index >= 15 is 0 Å². The van der Waals surface area contributed by atoms with Gasteiger partial charge < -0.3 is 15.2 Å². The molecule has 8 heteroatoms. The molecule has 0 radical (unpaired) electrons.